The first-order valence-electron chi connectivity index (χ1n) is 12.5. The molecule has 2 amide bonds. The molecule has 0 spiro atoms. The number of allylic oxidation sites excluding steroid dienone is 1. The lowest BCUT2D eigenvalue weighted by Crippen LogP contribution is -2.61. The molecule has 3 saturated carbocycles. The molecule has 0 radical (unpaired) electrons. The molecular weight excluding hydrogens is 386 g/mol. The Morgan fingerprint density at radius 1 is 1.29 bits per heavy atom. The third-order valence-corrected chi connectivity index (χ3v) is 9.39. The highest BCUT2D eigenvalue weighted by atomic mass is 16.2. The van der Waals surface area contributed by atoms with E-state index in [4.69, 9.17) is 5.32 Å². The number of nitrogens with one attached hydrogen (secondary N) is 1. The Morgan fingerprint density at radius 2 is 2.03 bits per heavy atom. The zero-order chi connectivity index (χ0) is 22.6. The second kappa shape index (κ2) is 8.20. The highest BCUT2D eigenvalue weighted by Gasteiger charge is 2.55. The number of amides is 2. The number of nitrogens with zero attached hydrogens (tertiary/aromatic N) is 2. The maximum Gasteiger partial charge on any atom is 0.240 e. The first-order valence-corrected chi connectivity index (χ1v) is 12.5. The molecule has 4 rings (SSSR count). The molecule has 1 aliphatic heterocycles. The van der Waals surface area contributed by atoms with E-state index in [0.29, 0.717) is 42.6 Å². The fourth-order valence-electron chi connectivity index (χ4n) is 7.92. The molecule has 5 heteroatoms. The molecule has 0 aromatic heterocycles. The topological polar surface area (TPSA) is 63.5 Å². The number of hydrogen-bond donors (Lipinski definition) is 1. The Balaban J connectivity index is 1.52. The van der Waals surface area contributed by atoms with Gasteiger partial charge in [-0.2, -0.15) is 7.05 Å². The molecular formula is C26H42N3O2-. The Bertz CT molecular complexity index is 747. The van der Waals surface area contributed by atoms with Gasteiger partial charge in [-0.05, 0) is 69.1 Å². The monoisotopic (exact) mass is 428 g/mol. The molecule has 0 bridgehead atoms. The summed E-state index contributed by atoms with van der Waals surface area (Å²) in [5.74, 6) is 3.76. The van der Waals surface area contributed by atoms with Crippen molar-refractivity contribution in [2.24, 2.45) is 35.5 Å². The molecule has 31 heavy (non-hydrogen) atoms. The summed E-state index contributed by atoms with van der Waals surface area (Å²) in [4.78, 5) is 25.9. The minimum atomic E-state index is -0.299. The van der Waals surface area contributed by atoms with Crippen LogP contribution in [0, 0.1) is 35.5 Å². The van der Waals surface area contributed by atoms with Crippen molar-refractivity contribution in [2.45, 2.75) is 83.7 Å². The van der Waals surface area contributed by atoms with Gasteiger partial charge < -0.3 is 15.5 Å². The standard InChI is InChI=1S/C26H42N3O2/c1-16-9-11-26(27-6)18(3)7-8-20-17(2)13-19(23(16)24(20)26)14-25(4,5)28-21(30)15-29-12-10-22(29)31/h17-20,23-24H,1,7-15H2,2-6H3,(H,28,30)/q-1/t17-,18-,19-,20+,23-,24-,26-/m0/s1. The minimum Gasteiger partial charge on any atom is -0.659 e. The van der Waals surface area contributed by atoms with Crippen LogP contribution in [0.15, 0.2) is 12.2 Å². The van der Waals surface area contributed by atoms with E-state index in [1.54, 1.807) is 4.90 Å². The highest BCUT2D eigenvalue weighted by Crippen LogP contribution is 2.63. The SMILES string of the molecule is C=C1CC[C@@]2([N-]C)[C@H]3[C@H](CC[C@@H]2C)[C@@H](C)C[C@@H](CC(C)(C)NC(=O)CN2CCC2=O)[C@H]13. The van der Waals surface area contributed by atoms with Crippen LogP contribution in [0.5, 0.6) is 0 Å². The average molecular weight is 429 g/mol. The quantitative estimate of drug-likeness (QED) is 0.499. The van der Waals surface area contributed by atoms with Crippen LogP contribution in [-0.2, 0) is 9.59 Å². The van der Waals surface area contributed by atoms with Crippen molar-refractivity contribution in [3.05, 3.63) is 17.5 Å². The van der Waals surface area contributed by atoms with Crippen LogP contribution >= 0.6 is 0 Å². The predicted molar refractivity (Wildman–Crippen MR) is 125 cm³/mol. The summed E-state index contributed by atoms with van der Waals surface area (Å²) in [5, 5.41) is 8.37. The molecule has 174 valence electrons. The van der Waals surface area contributed by atoms with Crippen LogP contribution in [0.2, 0.25) is 0 Å². The molecule has 1 saturated heterocycles. The Morgan fingerprint density at radius 3 is 2.65 bits per heavy atom. The first kappa shape index (κ1) is 22.8. The fraction of sp³-hybridized carbons (Fsp3) is 0.846. The van der Waals surface area contributed by atoms with Gasteiger partial charge in [-0.3, -0.25) is 9.59 Å². The molecule has 5 nitrogen and oxygen atoms in total. The van der Waals surface area contributed by atoms with E-state index in [1.807, 2.05) is 0 Å². The Labute approximate surface area is 188 Å². The summed E-state index contributed by atoms with van der Waals surface area (Å²) in [7, 11) is 2.06. The first-order chi connectivity index (χ1) is 14.6. The molecule has 1 N–H and O–H groups in total. The third-order valence-electron chi connectivity index (χ3n) is 9.39. The summed E-state index contributed by atoms with van der Waals surface area (Å²) in [6.45, 7) is 14.6. The average Bonchev–Trinajstić information content (AvgIpc) is 2.70. The molecule has 0 aromatic carbocycles. The largest absolute Gasteiger partial charge is 0.659 e. The van der Waals surface area contributed by atoms with E-state index in [0.717, 1.165) is 25.2 Å². The number of β-lactam (4-membered cyclic amide) rings is 1. The van der Waals surface area contributed by atoms with Crippen molar-refractivity contribution in [1.29, 1.82) is 0 Å². The molecule has 3 aliphatic carbocycles. The number of likely N-dealkylation sites (tertiary alicyclic amines) is 1. The van der Waals surface area contributed by atoms with Gasteiger partial charge in [-0.15, -0.1) is 5.54 Å². The normalized spacial score (nSPS) is 40.2. The summed E-state index contributed by atoms with van der Waals surface area (Å²) < 4.78 is 0. The van der Waals surface area contributed by atoms with Crippen LogP contribution in [0.1, 0.15) is 72.6 Å². The Hall–Kier alpha value is -1.36. The molecule has 0 unspecified atom stereocenters. The van der Waals surface area contributed by atoms with Crippen LogP contribution < -0.4 is 5.32 Å². The Kier molecular flexibility index (Phi) is 6.04. The zero-order valence-electron chi connectivity index (χ0n) is 20.2. The molecule has 4 fully saturated rings. The van der Waals surface area contributed by atoms with Gasteiger partial charge in [0, 0.05) is 18.5 Å². The lowest BCUT2D eigenvalue weighted by Gasteiger charge is -2.69. The smallest absolute Gasteiger partial charge is 0.240 e. The van der Waals surface area contributed by atoms with Crippen LogP contribution in [-0.4, -0.2) is 47.9 Å². The minimum absolute atomic E-state index is 0.0357. The van der Waals surface area contributed by atoms with E-state index < -0.39 is 0 Å². The maximum absolute atomic E-state index is 12.6. The number of hydrogen-bond acceptors (Lipinski definition) is 2. The van der Waals surface area contributed by atoms with Crippen LogP contribution in [0.3, 0.4) is 0 Å². The van der Waals surface area contributed by atoms with Gasteiger partial charge in [-0.25, -0.2) is 0 Å². The molecule has 4 aliphatic rings. The van der Waals surface area contributed by atoms with Crippen molar-refractivity contribution in [2.75, 3.05) is 20.1 Å². The lowest BCUT2D eigenvalue weighted by molar-refractivity contribution is -0.144. The van der Waals surface area contributed by atoms with Gasteiger partial charge >= 0.3 is 0 Å². The third kappa shape index (κ3) is 3.96. The summed E-state index contributed by atoms with van der Waals surface area (Å²) >= 11 is 0. The van der Waals surface area contributed by atoms with Crippen molar-refractivity contribution in [3.63, 3.8) is 0 Å². The number of carbonyl (C=O) groups excluding carboxylic acids is 2. The van der Waals surface area contributed by atoms with Gasteiger partial charge in [0.1, 0.15) is 0 Å². The molecule has 1 heterocycles. The zero-order valence-corrected chi connectivity index (χ0v) is 20.2. The molecule has 0 aromatic rings. The van der Waals surface area contributed by atoms with Gasteiger partial charge in [0.05, 0.1) is 6.54 Å². The van der Waals surface area contributed by atoms with Gasteiger partial charge in [-0.1, -0.05) is 44.8 Å². The highest BCUT2D eigenvalue weighted by molar-refractivity contribution is 5.88. The summed E-state index contributed by atoms with van der Waals surface area (Å²) in [6, 6.07) is 0. The van der Waals surface area contributed by atoms with Gasteiger partial charge in [0.2, 0.25) is 11.8 Å². The van der Waals surface area contributed by atoms with Crippen LogP contribution in [0.25, 0.3) is 5.32 Å². The lowest BCUT2D eigenvalue weighted by atomic mass is 9.44. The predicted octanol–water partition coefficient (Wildman–Crippen LogP) is 4.53. The van der Waals surface area contributed by atoms with E-state index >= 15 is 0 Å². The van der Waals surface area contributed by atoms with Crippen molar-refractivity contribution in [3.8, 4) is 0 Å². The second-order valence-electron chi connectivity index (χ2n) is 11.7. The van der Waals surface area contributed by atoms with E-state index in [2.05, 4.69) is 46.6 Å². The van der Waals surface area contributed by atoms with Crippen molar-refractivity contribution in [1.82, 2.24) is 10.2 Å². The molecule has 7 atom stereocenters. The summed E-state index contributed by atoms with van der Waals surface area (Å²) in [6.07, 6.45) is 7.61. The van der Waals surface area contributed by atoms with Crippen LogP contribution in [0.4, 0.5) is 0 Å². The van der Waals surface area contributed by atoms with E-state index in [-0.39, 0.29) is 29.4 Å². The van der Waals surface area contributed by atoms with E-state index in [9.17, 15) is 9.59 Å². The van der Waals surface area contributed by atoms with Gasteiger partial charge in [0.15, 0.2) is 0 Å². The summed E-state index contributed by atoms with van der Waals surface area (Å²) in [5.41, 5.74) is 1.23. The number of rotatable bonds is 6. The van der Waals surface area contributed by atoms with Crippen molar-refractivity contribution >= 4 is 11.8 Å². The maximum atomic E-state index is 12.6. The number of carbonyl (C=O) groups is 2. The fourth-order valence-corrected chi connectivity index (χ4v) is 7.92. The second-order valence-corrected chi connectivity index (χ2v) is 11.7. The van der Waals surface area contributed by atoms with E-state index in [1.165, 1.54) is 24.8 Å². The van der Waals surface area contributed by atoms with Gasteiger partial charge in [0.25, 0.3) is 0 Å². The van der Waals surface area contributed by atoms with Crippen molar-refractivity contribution < 1.29 is 9.59 Å².